The number of amides is 2. The SMILES string of the molecule is COCC[C@H](c1nccc(C)c1F)N1C[C@@H](C)N(C(=O)C(C)C)[C@@H](C(=O)NCc2ccc(-c3cncc(OC)n3)cc2)C1. The minimum atomic E-state index is -0.761. The average Bonchev–Trinajstić information content (AvgIpc) is 3.01. The zero-order chi connectivity index (χ0) is 31.1. The fraction of sp³-hybridized carbons (Fsp3) is 0.469. The van der Waals surface area contributed by atoms with Crippen LogP contribution in [0.2, 0.25) is 0 Å². The number of aryl methyl sites for hydroxylation is 1. The summed E-state index contributed by atoms with van der Waals surface area (Å²) in [5.74, 6) is -0.575. The largest absolute Gasteiger partial charge is 0.480 e. The maximum absolute atomic E-state index is 15.3. The van der Waals surface area contributed by atoms with Gasteiger partial charge in [-0.2, -0.15) is 0 Å². The minimum absolute atomic E-state index is 0.0932. The van der Waals surface area contributed by atoms with Gasteiger partial charge >= 0.3 is 0 Å². The quantitative estimate of drug-likeness (QED) is 0.357. The average molecular weight is 593 g/mol. The van der Waals surface area contributed by atoms with Crippen LogP contribution < -0.4 is 10.1 Å². The lowest BCUT2D eigenvalue weighted by molar-refractivity contribution is -0.151. The Labute approximate surface area is 252 Å². The molecule has 1 saturated heterocycles. The van der Waals surface area contributed by atoms with Crippen LogP contribution in [0.25, 0.3) is 11.3 Å². The number of carbonyl (C=O) groups excluding carboxylic acids is 2. The van der Waals surface area contributed by atoms with Gasteiger partial charge in [-0.15, -0.1) is 0 Å². The van der Waals surface area contributed by atoms with Gasteiger partial charge in [0.25, 0.3) is 0 Å². The Kier molecular flexibility index (Phi) is 10.8. The molecule has 43 heavy (non-hydrogen) atoms. The number of aromatic nitrogens is 3. The molecule has 0 spiro atoms. The molecule has 3 aromatic rings. The third-order valence-corrected chi connectivity index (χ3v) is 7.77. The number of methoxy groups -OCH3 is 2. The van der Waals surface area contributed by atoms with E-state index in [4.69, 9.17) is 9.47 Å². The normalized spacial score (nSPS) is 18.0. The second-order valence-corrected chi connectivity index (χ2v) is 11.2. The second kappa shape index (κ2) is 14.5. The molecule has 1 N–H and O–H groups in total. The molecule has 0 aliphatic carbocycles. The van der Waals surface area contributed by atoms with Gasteiger partial charge in [0.1, 0.15) is 11.9 Å². The van der Waals surface area contributed by atoms with Crippen LogP contribution in [0.5, 0.6) is 5.88 Å². The first kappa shape index (κ1) is 32.0. The molecule has 230 valence electrons. The molecule has 0 bridgehead atoms. The first-order valence-corrected chi connectivity index (χ1v) is 14.5. The highest BCUT2D eigenvalue weighted by atomic mass is 19.1. The standard InChI is InChI=1S/C32H41FN6O4/c1-20(2)32(41)39-22(4)18-38(26(12-14-42-5)30-29(33)21(3)11-13-35-30)19-27(39)31(40)36-15-23-7-9-24(10-8-23)25-16-34-17-28(37-25)43-6/h7-11,13,16-17,20,22,26-27H,12,14-15,18-19H2,1-6H3,(H,36,40)/t22-,26-,27-/m1/s1. The Hall–Kier alpha value is -3.96. The minimum Gasteiger partial charge on any atom is -0.480 e. The van der Waals surface area contributed by atoms with Crippen LogP contribution in [0.1, 0.15) is 50.1 Å². The van der Waals surface area contributed by atoms with Crippen molar-refractivity contribution in [3.63, 3.8) is 0 Å². The molecular formula is C32H41FN6O4. The van der Waals surface area contributed by atoms with E-state index in [-0.39, 0.29) is 42.7 Å². The van der Waals surface area contributed by atoms with Gasteiger partial charge in [-0.05, 0) is 37.5 Å². The monoisotopic (exact) mass is 592 g/mol. The summed E-state index contributed by atoms with van der Waals surface area (Å²) in [5.41, 5.74) is 3.27. The van der Waals surface area contributed by atoms with Crippen LogP contribution in [0.3, 0.4) is 0 Å². The Balaban J connectivity index is 1.55. The number of ether oxygens (including phenoxy) is 2. The number of carbonyl (C=O) groups is 2. The fourth-order valence-electron chi connectivity index (χ4n) is 5.45. The van der Waals surface area contributed by atoms with E-state index in [0.29, 0.717) is 42.4 Å². The maximum Gasteiger partial charge on any atom is 0.244 e. The first-order chi connectivity index (χ1) is 20.6. The molecule has 3 heterocycles. The number of nitrogens with zero attached hydrogens (tertiary/aromatic N) is 5. The molecule has 10 nitrogen and oxygen atoms in total. The lowest BCUT2D eigenvalue weighted by atomic mass is 9.97. The fourth-order valence-corrected chi connectivity index (χ4v) is 5.45. The van der Waals surface area contributed by atoms with Crippen molar-refractivity contribution >= 4 is 11.8 Å². The van der Waals surface area contributed by atoms with Crippen LogP contribution in [-0.4, -0.2) is 82.6 Å². The molecule has 11 heteroatoms. The molecule has 2 aromatic heterocycles. The second-order valence-electron chi connectivity index (χ2n) is 11.2. The van der Waals surface area contributed by atoms with Crippen molar-refractivity contribution < 1.29 is 23.5 Å². The van der Waals surface area contributed by atoms with E-state index >= 15 is 4.39 Å². The lowest BCUT2D eigenvalue weighted by Gasteiger charge is -2.47. The van der Waals surface area contributed by atoms with Crippen molar-refractivity contribution in [2.45, 2.75) is 58.8 Å². The van der Waals surface area contributed by atoms with Gasteiger partial charge in [0.15, 0.2) is 0 Å². The van der Waals surface area contributed by atoms with E-state index in [0.717, 1.165) is 11.1 Å². The Morgan fingerprint density at radius 3 is 2.53 bits per heavy atom. The third kappa shape index (κ3) is 7.52. The van der Waals surface area contributed by atoms with Crippen LogP contribution in [-0.2, 0) is 20.9 Å². The summed E-state index contributed by atoms with van der Waals surface area (Å²) in [4.78, 5) is 43.8. The Morgan fingerprint density at radius 2 is 1.86 bits per heavy atom. The summed E-state index contributed by atoms with van der Waals surface area (Å²) in [5, 5.41) is 3.03. The van der Waals surface area contributed by atoms with Crippen molar-refractivity contribution in [1.29, 1.82) is 0 Å². The Morgan fingerprint density at radius 1 is 1.12 bits per heavy atom. The van der Waals surface area contributed by atoms with Gasteiger partial charge < -0.3 is 19.7 Å². The predicted octanol–water partition coefficient (Wildman–Crippen LogP) is 3.95. The highest BCUT2D eigenvalue weighted by Gasteiger charge is 2.42. The van der Waals surface area contributed by atoms with Crippen molar-refractivity contribution in [2.75, 3.05) is 33.9 Å². The number of benzene rings is 1. The van der Waals surface area contributed by atoms with Gasteiger partial charge in [-0.3, -0.25) is 24.5 Å². The number of nitrogens with one attached hydrogen (secondary N) is 1. The number of rotatable bonds is 11. The van der Waals surface area contributed by atoms with Gasteiger partial charge in [-0.25, -0.2) is 9.37 Å². The summed E-state index contributed by atoms with van der Waals surface area (Å²) >= 11 is 0. The van der Waals surface area contributed by atoms with Crippen molar-refractivity contribution in [1.82, 2.24) is 30.1 Å². The zero-order valence-corrected chi connectivity index (χ0v) is 25.7. The third-order valence-electron chi connectivity index (χ3n) is 7.77. The van der Waals surface area contributed by atoms with Crippen molar-refractivity contribution in [3.8, 4) is 17.1 Å². The van der Waals surface area contributed by atoms with E-state index in [1.807, 2.05) is 45.0 Å². The molecule has 4 rings (SSSR count). The molecule has 0 saturated carbocycles. The Bertz CT molecular complexity index is 1400. The molecule has 0 unspecified atom stereocenters. The van der Waals surface area contributed by atoms with Crippen LogP contribution in [0.4, 0.5) is 4.39 Å². The summed E-state index contributed by atoms with van der Waals surface area (Å²) in [7, 11) is 3.14. The molecule has 1 aliphatic rings. The van der Waals surface area contributed by atoms with Gasteiger partial charge in [0, 0.05) is 57.1 Å². The molecular weight excluding hydrogens is 551 g/mol. The van der Waals surface area contributed by atoms with Gasteiger partial charge in [0.2, 0.25) is 17.7 Å². The zero-order valence-electron chi connectivity index (χ0n) is 25.7. The molecule has 1 fully saturated rings. The topological polar surface area (TPSA) is 110 Å². The van der Waals surface area contributed by atoms with Crippen LogP contribution in [0.15, 0.2) is 48.9 Å². The number of pyridine rings is 1. The smallest absolute Gasteiger partial charge is 0.244 e. The van der Waals surface area contributed by atoms with E-state index in [9.17, 15) is 9.59 Å². The highest BCUT2D eigenvalue weighted by molar-refractivity contribution is 5.89. The highest BCUT2D eigenvalue weighted by Crippen LogP contribution is 2.31. The number of halogens is 1. The molecule has 1 aromatic carbocycles. The summed E-state index contributed by atoms with van der Waals surface area (Å²) in [6.07, 6.45) is 5.30. The molecule has 2 amide bonds. The van der Waals surface area contributed by atoms with E-state index in [2.05, 4.69) is 25.2 Å². The number of hydrogen-bond donors (Lipinski definition) is 1. The van der Waals surface area contributed by atoms with Crippen LogP contribution >= 0.6 is 0 Å². The van der Waals surface area contributed by atoms with Crippen LogP contribution in [0, 0.1) is 18.7 Å². The summed E-state index contributed by atoms with van der Waals surface area (Å²) < 4.78 is 25.8. The molecule has 3 atom stereocenters. The predicted molar refractivity (Wildman–Crippen MR) is 161 cm³/mol. The van der Waals surface area contributed by atoms with Gasteiger partial charge in [0.05, 0.1) is 36.9 Å². The first-order valence-electron chi connectivity index (χ1n) is 14.5. The summed E-state index contributed by atoms with van der Waals surface area (Å²) in [6.45, 7) is 8.69. The molecule has 1 aliphatic heterocycles. The van der Waals surface area contributed by atoms with E-state index in [1.54, 1.807) is 50.7 Å². The van der Waals surface area contributed by atoms with Gasteiger partial charge in [-0.1, -0.05) is 38.1 Å². The van der Waals surface area contributed by atoms with E-state index < -0.39 is 12.1 Å². The maximum atomic E-state index is 15.3. The number of hydrogen-bond acceptors (Lipinski definition) is 8. The summed E-state index contributed by atoms with van der Waals surface area (Å²) in [6, 6.07) is 7.83. The molecule has 0 radical (unpaired) electrons. The van der Waals surface area contributed by atoms with E-state index in [1.165, 1.54) is 0 Å². The lowest BCUT2D eigenvalue weighted by Crippen LogP contribution is -2.65. The number of piperazine rings is 1. The van der Waals surface area contributed by atoms with Crippen molar-refractivity contribution in [2.24, 2.45) is 5.92 Å². The van der Waals surface area contributed by atoms with Crippen molar-refractivity contribution in [3.05, 3.63) is 71.6 Å².